The predicted molar refractivity (Wildman–Crippen MR) is 305 cm³/mol. The monoisotopic (exact) mass is 916 g/mol. The van der Waals surface area contributed by atoms with Gasteiger partial charge in [-0.2, -0.15) is 0 Å². The lowest BCUT2D eigenvalue weighted by molar-refractivity contribution is 1.19. The molecule has 0 saturated carbocycles. The van der Waals surface area contributed by atoms with Crippen LogP contribution in [0.5, 0.6) is 0 Å². The van der Waals surface area contributed by atoms with Crippen molar-refractivity contribution >= 4 is 107 Å². The van der Waals surface area contributed by atoms with Gasteiger partial charge < -0.3 is 0 Å². The van der Waals surface area contributed by atoms with Crippen LogP contribution in [0.3, 0.4) is 0 Å². The van der Waals surface area contributed by atoms with Crippen LogP contribution in [0.25, 0.3) is 152 Å². The molecule has 2 aromatic heterocycles. The van der Waals surface area contributed by atoms with Gasteiger partial charge in [-0.1, -0.05) is 206 Å². The maximum atomic E-state index is 5.51. The second-order valence-electron chi connectivity index (χ2n) is 18.8. The third-order valence-electron chi connectivity index (χ3n) is 14.8. The fourth-order valence-electron chi connectivity index (χ4n) is 11.5. The van der Waals surface area contributed by atoms with Crippen molar-refractivity contribution in [1.29, 1.82) is 0 Å². The third kappa shape index (κ3) is 6.34. The van der Waals surface area contributed by atoms with Gasteiger partial charge in [0.05, 0.1) is 11.4 Å². The van der Waals surface area contributed by atoms with E-state index in [1.54, 1.807) is 0 Å². The lowest BCUT2D eigenvalue weighted by atomic mass is 9.87. The number of fused-ring (bicyclic) bond motifs is 15. The highest BCUT2D eigenvalue weighted by atomic mass is 32.1. The van der Waals surface area contributed by atoms with Crippen LogP contribution >= 0.6 is 11.3 Å². The predicted octanol–water partition coefficient (Wildman–Crippen LogP) is 19.3. The van der Waals surface area contributed by atoms with Crippen LogP contribution in [0, 0.1) is 0 Å². The van der Waals surface area contributed by atoms with Crippen molar-refractivity contribution in [2.75, 3.05) is 0 Å². The average molecular weight is 917 g/mol. The second kappa shape index (κ2) is 15.8. The summed E-state index contributed by atoms with van der Waals surface area (Å²) in [4.78, 5) is 10.9. The number of nitrogens with zero attached hydrogens (tertiary/aromatic N) is 2. The Kier molecular flexibility index (Phi) is 8.86. The zero-order valence-corrected chi connectivity index (χ0v) is 39.2. The van der Waals surface area contributed by atoms with Crippen molar-refractivity contribution in [3.8, 4) is 56.2 Å². The molecule has 328 valence electrons. The van der Waals surface area contributed by atoms with Crippen LogP contribution in [0.4, 0.5) is 0 Å². The minimum atomic E-state index is 0.689. The Balaban J connectivity index is 0.999. The van der Waals surface area contributed by atoms with E-state index in [0.717, 1.165) is 44.6 Å². The zero-order valence-electron chi connectivity index (χ0n) is 38.4. The molecular formula is C68H40N2S. The van der Waals surface area contributed by atoms with E-state index >= 15 is 0 Å². The van der Waals surface area contributed by atoms with Crippen LogP contribution in [0.1, 0.15) is 0 Å². The summed E-state index contributed by atoms with van der Waals surface area (Å²) in [7, 11) is 0. The molecule has 0 aliphatic carbocycles. The Labute approximate surface area is 413 Å². The Hall–Kier alpha value is -9.02. The first-order valence-corrected chi connectivity index (χ1v) is 25.1. The van der Waals surface area contributed by atoms with Gasteiger partial charge in [-0.3, -0.25) is 0 Å². The van der Waals surface area contributed by atoms with Gasteiger partial charge in [-0.25, -0.2) is 9.97 Å². The summed E-state index contributed by atoms with van der Waals surface area (Å²) in [6.45, 7) is 0. The van der Waals surface area contributed by atoms with E-state index in [2.05, 4.69) is 243 Å². The molecule has 2 nitrogen and oxygen atoms in total. The van der Waals surface area contributed by atoms with Crippen LogP contribution in [-0.4, -0.2) is 9.97 Å². The second-order valence-corrected chi connectivity index (χ2v) is 19.8. The fraction of sp³-hybridized carbons (Fsp3) is 0. The molecule has 15 aromatic rings. The molecule has 0 aliphatic rings. The van der Waals surface area contributed by atoms with Gasteiger partial charge in [-0.15, -0.1) is 11.3 Å². The van der Waals surface area contributed by atoms with Crippen molar-refractivity contribution in [1.82, 2.24) is 9.97 Å². The van der Waals surface area contributed by atoms with Crippen molar-refractivity contribution in [3.63, 3.8) is 0 Å². The molecule has 0 fully saturated rings. The molecular weight excluding hydrogens is 877 g/mol. The highest BCUT2D eigenvalue weighted by Crippen LogP contribution is 2.50. The molecule has 0 bridgehead atoms. The summed E-state index contributed by atoms with van der Waals surface area (Å²) in [5.74, 6) is 0.689. The molecule has 0 radical (unpaired) electrons. The van der Waals surface area contributed by atoms with E-state index in [1.807, 2.05) is 11.3 Å². The topological polar surface area (TPSA) is 25.8 Å². The first-order chi connectivity index (χ1) is 35.2. The van der Waals surface area contributed by atoms with E-state index in [0.29, 0.717) is 5.82 Å². The van der Waals surface area contributed by atoms with Gasteiger partial charge in [0.1, 0.15) is 0 Å². The van der Waals surface area contributed by atoms with Gasteiger partial charge >= 0.3 is 0 Å². The molecule has 13 aromatic carbocycles. The van der Waals surface area contributed by atoms with Crippen LogP contribution < -0.4 is 0 Å². The van der Waals surface area contributed by atoms with Crippen molar-refractivity contribution in [2.45, 2.75) is 0 Å². The maximum Gasteiger partial charge on any atom is 0.160 e. The summed E-state index contributed by atoms with van der Waals surface area (Å²) in [5, 5.41) is 20.0. The third-order valence-corrected chi connectivity index (χ3v) is 16.0. The highest BCUT2D eigenvalue weighted by Gasteiger charge is 2.22. The quantitative estimate of drug-likeness (QED) is 0.161. The molecule has 3 heteroatoms. The molecule has 0 saturated heterocycles. The average Bonchev–Trinajstić information content (AvgIpc) is 3.82. The van der Waals surface area contributed by atoms with Crippen molar-refractivity contribution in [2.24, 2.45) is 0 Å². The van der Waals surface area contributed by atoms with Crippen molar-refractivity contribution in [3.05, 3.63) is 243 Å². The summed E-state index contributed by atoms with van der Waals surface area (Å²) in [5.41, 5.74) is 9.57. The number of hydrogen-bond acceptors (Lipinski definition) is 3. The standard InChI is InChI=1S/C68H40N2S/c1-2-15-41(16-3-1)44-20-14-21-48(35-44)68-69-62(47-32-31-43-30-29-42-17-6-7-22-49(42)58(43)37-47)40-63(70-68)56-34-33-55(50-23-8-10-25-52(50)56)60-39-59-54-27-11-9-24-51(54)53-26-12-13-28-57(53)65(59)67-66(60)61-36-45-18-4-5-19-46(45)38-64(61)71-67/h1-40H. The van der Waals surface area contributed by atoms with E-state index < -0.39 is 0 Å². The molecule has 0 atom stereocenters. The summed E-state index contributed by atoms with van der Waals surface area (Å²) < 4.78 is 2.62. The van der Waals surface area contributed by atoms with Crippen LogP contribution in [-0.2, 0) is 0 Å². The van der Waals surface area contributed by atoms with Gasteiger partial charge in [0.25, 0.3) is 0 Å². The highest BCUT2D eigenvalue weighted by molar-refractivity contribution is 7.27. The van der Waals surface area contributed by atoms with E-state index in [1.165, 1.54) is 101 Å². The molecule has 0 unspecified atom stereocenters. The molecule has 0 amide bonds. The first kappa shape index (κ1) is 39.9. The van der Waals surface area contributed by atoms with Gasteiger partial charge in [0.15, 0.2) is 5.82 Å². The summed E-state index contributed by atoms with van der Waals surface area (Å²) >= 11 is 1.93. The van der Waals surface area contributed by atoms with Crippen LogP contribution in [0.2, 0.25) is 0 Å². The van der Waals surface area contributed by atoms with Crippen LogP contribution in [0.15, 0.2) is 243 Å². The molecule has 15 rings (SSSR count). The van der Waals surface area contributed by atoms with Gasteiger partial charge in [0.2, 0.25) is 0 Å². The summed E-state index contributed by atoms with van der Waals surface area (Å²) in [6, 6.07) is 88.8. The number of benzene rings is 13. The lowest BCUT2D eigenvalue weighted by Crippen LogP contribution is -1.97. The SMILES string of the molecule is c1ccc(-c2cccc(-c3nc(-c4ccc5ccc6ccccc6c5c4)cc(-c4ccc(-c5cc6c7ccccc7c7ccccc7c6c6sc7cc8ccccc8cc7c56)c5ccccc45)n3)c2)cc1. The van der Waals surface area contributed by atoms with Crippen molar-refractivity contribution < 1.29 is 0 Å². The summed E-state index contributed by atoms with van der Waals surface area (Å²) in [6.07, 6.45) is 0. The smallest absolute Gasteiger partial charge is 0.160 e. The maximum absolute atomic E-state index is 5.51. The molecule has 71 heavy (non-hydrogen) atoms. The number of aromatic nitrogens is 2. The van der Waals surface area contributed by atoms with E-state index in [-0.39, 0.29) is 0 Å². The Morgan fingerprint density at radius 3 is 1.61 bits per heavy atom. The van der Waals surface area contributed by atoms with E-state index in [4.69, 9.17) is 9.97 Å². The normalized spacial score (nSPS) is 11.9. The number of hydrogen-bond donors (Lipinski definition) is 0. The van der Waals surface area contributed by atoms with Gasteiger partial charge in [0, 0.05) is 42.2 Å². The first-order valence-electron chi connectivity index (χ1n) is 24.3. The van der Waals surface area contributed by atoms with E-state index in [9.17, 15) is 0 Å². The molecule has 0 spiro atoms. The minimum absolute atomic E-state index is 0.689. The molecule has 0 aliphatic heterocycles. The zero-order chi connectivity index (χ0) is 46.6. The minimum Gasteiger partial charge on any atom is -0.228 e. The number of rotatable bonds is 5. The fourth-order valence-corrected chi connectivity index (χ4v) is 12.8. The molecule has 2 heterocycles. The Bertz CT molecular complexity index is 4700. The Morgan fingerprint density at radius 1 is 0.254 bits per heavy atom. The Morgan fingerprint density at radius 2 is 0.817 bits per heavy atom. The largest absolute Gasteiger partial charge is 0.228 e. The number of thiophene rings is 1. The van der Waals surface area contributed by atoms with Gasteiger partial charge in [-0.05, 0) is 129 Å². The molecule has 0 N–H and O–H groups in total. The lowest BCUT2D eigenvalue weighted by Gasteiger charge is -2.17.